The van der Waals surface area contributed by atoms with Crippen LogP contribution in [-0.4, -0.2) is 45.5 Å². The number of nitrogens with zero attached hydrogens (tertiary/aromatic N) is 3. The zero-order chi connectivity index (χ0) is 21.4. The van der Waals surface area contributed by atoms with Crippen LogP contribution in [0.25, 0.3) is 33.4 Å². The number of H-pyrrole nitrogens is 1. The van der Waals surface area contributed by atoms with Gasteiger partial charge in [0.05, 0.1) is 23.5 Å². The summed E-state index contributed by atoms with van der Waals surface area (Å²) >= 11 is 0. The Labute approximate surface area is 175 Å². The van der Waals surface area contributed by atoms with Crippen molar-refractivity contribution >= 4 is 10.9 Å². The summed E-state index contributed by atoms with van der Waals surface area (Å²) in [6, 6.07) is 8.71. The number of alkyl halides is 1. The van der Waals surface area contributed by atoms with Crippen LogP contribution >= 0.6 is 0 Å². The van der Waals surface area contributed by atoms with Gasteiger partial charge in [-0.15, -0.1) is 0 Å². The highest BCUT2D eigenvalue weighted by Gasteiger charge is 2.27. The molecule has 0 bridgehead atoms. The molecule has 1 saturated heterocycles. The Morgan fingerprint density at radius 1 is 1.06 bits per heavy atom. The maximum Gasteiger partial charge on any atom is 0.233 e. The molecule has 0 spiro atoms. The van der Waals surface area contributed by atoms with Crippen LogP contribution in [0.3, 0.4) is 0 Å². The van der Waals surface area contributed by atoms with Gasteiger partial charge in [0.2, 0.25) is 5.88 Å². The van der Waals surface area contributed by atoms with Gasteiger partial charge in [-0.2, -0.15) is 5.10 Å². The number of halogens is 3. The number of ether oxygens (including phenoxy) is 1. The molecule has 1 aliphatic rings. The van der Waals surface area contributed by atoms with Crippen molar-refractivity contribution in [1.82, 2.24) is 25.5 Å². The molecule has 2 aromatic carbocycles. The SMILES string of the molecule is Fc1cccc(F)c1-c1ccc2[nH]nc(-c3cncc(O[C@H]4CNCCC4F)n3)c2c1. The minimum Gasteiger partial charge on any atom is -0.469 e. The number of hydrogen-bond acceptors (Lipinski definition) is 5. The zero-order valence-corrected chi connectivity index (χ0v) is 16.3. The Balaban J connectivity index is 1.52. The molecule has 3 heterocycles. The number of piperidine rings is 1. The van der Waals surface area contributed by atoms with E-state index >= 15 is 0 Å². The van der Waals surface area contributed by atoms with Crippen LogP contribution in [0.1, 0.15) is 6.42 Å². The molecule has 4 aromatic rings. The quantitative estimate of drug-likeness (QED) is 0.516. The average molecular weight is 425 g/mol. The number of hydrogen-bond donors (Lipinski definition) is 2. The molecule has 0 aliphatic carbocycles. The molecule has 2 aromatic heterocycles. The molecule has 0 saturated carbocycles. The predicted molar refractivity (Wildman–Crippen MR) is 109 cm³/mol. The van der Waals surface area contributed by atoms with Crippen molar-refractivity contribution < 1.29 is 17.9 Å². The Morgan fingerprint density at radius 3 is 2.71 bits per heavy atom. The first-order chi connectivity index (χ1) is 15.1. The van der Waals surface area contributed by atoms with Crippen molar-refractivity contribution in [2.45, 2.75) is 18.7 Å². The van der Waals surface area contributed by atoms with Crippen LogP contribution in [-0.2, 0) is 0 Å². The molecule has 31 heavy (non-hydrogen) atoms. The van der Waals surface area contributed by atoms with Crippen molar-refractivity contribution in [1.29, 1.82) is 0 Å². The first-order valence-electron chi connectivity index (χ1n) is 9.86. The van der Waals surface area contributed by atoms with E-state index in [1.54, 1.807) is 18.2 Å². The van der Waals surface area contributed by atoms with Gasteiger partial charge >= 0.3 is 0 Å². The second-order valence-corrected chi connectivity index (χ2v) is 7.34. The van der Waals surface area contributed by atoms with Gasteiger partial charge in [-0.1, -0.05) is 12.1 Å². The molecule has 158 valence electrons. The highest BCUT2D eigenvalue weighted by atomic mass is 19.1. The van der Waals surface area contributed by atoms with Gasteiger partial charge in [0.25, 0.3) is 0 Å². The van der Waals surface area contributed by atoms with Crippen LogP contribution < -0.4 is 10.1 Å². The lowest BCUT2D eigenvalue weighted by Crippen LogP contribution is -2.45. The maximum atomic E-state index is 14.3. The van der Waals surface area contributed by atoms with Crippen LogP contribution in [0.2, 0.25) is 0 Å². The van der Waals surface area contributed by atoms with Gasteiger partial charge in [0.15, 0.2) is 0 Å². The summed E-state index contributed by atoms with van der Waals surface area (Å²) in [5.74, 6) is -1.12. The Morgan fingerprint density at radius 2 is 1.90 bits per heavy atom. The zero-order valence-electron chi connectivity index (χ0n) is 16.3. The molecular weight excluding hydrogens is 407 g/mol. The molecule has 0 amide bonds. The van der Waals surface area contributed by atoms with E-state index in [0.717, 1.165) is 0 Å². The van der Waals surface area contributed by atoms with E-state index in [2.05, 4.69) is 25.5 Å². The lowest BCUT2D eigenvalue weighted by molar-refractivity contribution is 0.0705. The number of fused-ring (bicyclic) bond motifs is 1. The molecule has 9 heteroatoms. The third-order valence-electron chi connectivity index (χ3n) is 5.29. The van der Waals surface area contributed by atoms with Crippen molar-refractivity contribution in [2.24, 2.45) is 0 Å². The van der Waals surface area contributed by atoms with E-state index in [9.17, 15) is 13.2 Å². The lowest BCUT2D eigenvalue weighted by atomic mass is 10.0. The minimum atomic E-state index is -1.09. The second-order valence-electron chi connectivity index (χ2n) is 7.34. The number of rotatable bonds is 4. The van der Waals surface area contributed by atoms with Crippen LogP contribution in [0.4, 0.5) is 13.2 Å². The second kappa shape index (κ2) is 7.99. The van der Waals surface area contributed by atoms with Gasteiger partial charge in [0.1, 0.15) is 35.3 Å². The summed E-state index contributed by atoms with van der Waals surface area (Å²) in [5, 5.41) is 10.9. The third-order valence-corrected chi connectivity index (χ3v) is 5.29. The Bertz CT molecular complexity index is 1220. The first-order valence-corrected chi connectivity index (χ1v) is 9.86. The van der Waals surface area contributed by atoms with Crippen molar-refractivity contribution in [2.75, 3.05) is 13.1 Å². The van der Waals surface area contributed by atoms with E-state index in [-0.39, 0.29) is 11.4 Å². The molecular formula is C22H18F3N5O. The summed E-state index contributed by atoms with van der Waals surface area (Å²) in [5.41, 5.74) is 1.78. The lowest BCUT2D eigenvalue weighted by Gasteiger charge is -2.26. The fourth-order valence-corrected chi connectivity index (χ4v) is 3.73. The summed E-state index contributed by atoms with van der Waals surface area (Å²) in [7, 11) is 0. The fraction of sp³-hybridized carbons (Fsp3) is 0.227. The van der Waals surface area contributed by atoms with Gasteiger partial charge in [-0.25, -0.2) is 18.2 Å². The molecule has 1 fully saturated rings. The number of benzene rings is 2. The van der Waals surface area contributed by atoms with Gasteiger partial charge < -0.3 is 10.1 Å². The fourth-order valence-electron chi connectivity index (χ4n) is 3.73. The standard InChI is InChI=1S/C22H18F3N5O/c23-14-6-7-26-10-19(14)31-20-11-27-9-18(28-20)22-13-8-12(4-5-17(13)29-30-22)21-15(24)2-1-3-16(21)25/h1-5,8-9,11,14,19,26H,6-7,10H2,(H,29,30)/t14?,19-/m0/s1. The number of aromatic nitrogens is 4. The van der Waals surface area contributed by atoms with Crippen LogP contribution in [0, 0.1) is 11.6 Å². The van der Waals surface area contributed by atoms with Crippen LogP contribution in [0.15, 0.2) is 48.8 Å². The van der Waals surface area contributed by atoms with Crippen molar-refractivity contribution in [3.05, 3.63) is 60.4 Å². The Kier molecular flexibility index (Phi) is 5.03. The monoisotopic (exact) mass is 425 g/mol. The van der Waals surface area contributed by atoms with Gasteiger partial charge in [0, 0.05) is 11.9 Å². The summed E-state index contributed by atoms with van der Waals surface area (Å²) < 4.78 is 48.3. The average Bonchev–Trinajstić information content (AvgIpc) is 3.19. The largest absolute Gasteiger partial charge is 0.469 e. The molecule has 1 aliphatic heterocycles. The third kappa shape index (κ3) is 3.72. The van der Waals surface area contributed by atoms with Gasteiger partial charge in [-0.3, -0.25) is 10.1 Å². The normalized spacial score (nSPS) is 18.9. The predicted octanol–water partition coefficient (Wildman–Crippen LogP) is 4.04. The molecule has 2 atom stereocenters. The van der Waals surface area contributed by atoms with Crippen LogP contribution in [0.5, 0.6) is 5.88 Å². The van der Waals surface area contributed by atoms with Gasteiger partial charge in [-0.05, 0) is 42.8 Å². The topological polar surface area (TPSA) is 75.7 Å². The summed E-state index contributed by atoms with van der Waals surface area (Å²) in [6.45, 7) is 0.993. The number of aromatic amines is 1. The molecule has 5 rings (SSSR count). The van der Waals surface area contributed by atoms with E-state index in [1.165, 1.54) is 30.6 Å². The van der Waals surface area contributed by atoms with E-state index in [4.69, 9.17) is 4.74 Å². The van der Waals surface area contributed by atoms with Crippen molar-refractivity contribution in [3.63, 3.8) is 0 Å². The van der Waals surface area contributed by atoms with E-state index < -0.39 is 23.9 Å². The smallest absolute Gasteiger partial charge is 0.233 e. The minimum absolute atomic E-state index is 0.112. The first kappa shape index (κ1) is 19.5. The molecule has 0 radical (unpaired) electrons. The highest BCUT2D eigenvalue weighted by Crippen LogP contribution is 2.32. The van der Waals surface area contributed by atoms with Crippen molar-refractivity contribution in [3.8, 4) is 28.4 Å². The highest BCUT2D eigenvalue weighted by molar-refractivity contribution is 5.94. The maximum absolute atomic E-state index is 14.3. The summed E-state index contributed by atoms with van der Waals surface area (Å²) in [6.07, 6.45) is 1.56. The Hall–Kier alpha value is -3.46. The molecule has 2 N–H and O–H groups in total. The van der Waals surface area contributed by atoms with E-state index in [1.807, 2.05) is 0 Å². The van der Waals surface area contributed by atoms with E-state index in [0.29, 0.717) is 47.4 Å². The summed E-state index contributed by atoms with van der Waals surface area (Å²) in [4.78, 5) is 8.56. The molecule has 6 nitrogen and oxygen atoms in total. The number of nitrogens with one attached hydrogen (secondary N) is 2. The molecule has 1 unspecified atom stereocenters.